The number of rotatable bonds is 8. The van der Waals surface area contributed by atoms with E-state index in [2.05, 4.69) is 17.5 Å². The second kappa shape index (κ2) is 9.28. The normalized spacial score (nSPS) is 18.2. The number of nitrogens with zero attached hydrogens (tertiary/aromatic N) is 1. The van der Waals surface area contributed by atoms with Crippen LogP contribution in [0, 0.1) is 0 Å². The van der Waals surface area contributed by atoms with Gasteiger partial charge in [-0.05, 0) is 12.8 Å². The topological polar surface area (TPSA) is 32.7 Å². The molecule has 4 heteroatoms. The fraction of sp³-hybridized carbons (Fsp3) is 1.00. The molecular weight excluding hydrogens is 222 g/mol. The Kier molecular flexibility index (Phi) is 8.29. The van der Waals surface area contributed by atoms with E-state index in [1.807, 2.05) is 0 Å². The van der Waals surface area contributed by atoms with Crippen molar-refractivity contribution in [2.75, 3.05) is 38.7 Å². The highest BCUT2D eigenvalue weighted by atomic mass is 32.1. The standard InChI is InChI=1S/C12H25NO2S/c14-8-6-13(7-9-15-10-11-16)12-4-2-1-3-5-12/h12,14,16H,1-11H2. The number of aliphatic hydroxyl groups excluding tert-OH is 1. The SMILES string of the molecule is OCCN(CCOCCS)C1CCCCC1. The Labute approximate surface area is 105 Å². The second-order valence-corrected chi connectivity index (χ2v) is 4.83. The lowest BCUT2D eigenvalue weighted by atomic mass is 9.94. The molecule has 3 nitrogen and oxygen atoms in total. The fourth-order valence-corrected chi connectivity index (χ4v) is 2.53. The molecule has 0 unspecified atom stereocenters. The van der Waals surface area contributed by atoms with Gasteiger partial charge in [0.2, 0.25) is 0 Å². The molecule has 96 valence electrons. The summed E-state index contributed by atoms with van der Waals surface area (Å²) in [5.41, 5.74) is 0. The maximum atomic E-state index is 9.08. The molecule has 0 atom stereocenters. The smallest absolute Gasteiger partial charge is 0.0593 e. The van der Waals surface area contributed by atoms with Crippen LogP contribution in [0.1, 0.15) is 32.1 Å². The highest BCUT2D eigenvalue weighted by Crippen LogP contribution is 2.22. The first-order valence-electron chi connectivity index (χ1n) is 6.42. The summed E-state index contributed by atoms with van der Waals surface area (Å²) in [6.07, 6.45) is 6.62. The zero-order chi connectivity index (χ0) is 11.6. The summed E-state index contributed by atoms with van der Waals surface area (Å²) < 4.78 is 5.45. The molecule has 1 N–H and O–H groups in total. The zero-order valence-corrected chi connectivity index (χ0v) is 11.0. The molecule has 0 aromatic rings. The molecule has 0 amide bonds. The molecule has 0 aromatic carbocycles. The van der Waals surface area contributed by atoms with Crippen molar-refractivity contribution < 1.29 is 9.84 Å². The predicted molar refractivity (Wildman–Crippen MR) is 70.2 cm³/mol. The van der Waals surface area contributed by atoms with E-state index in [1.165, 1.54) is 32.1 Å². The van der Waals surface area contributed by atoms with Crippen LogP contribution in [0.4, 0.5) is 0 Å². The number of aliphatic hydroxyl groups is 1. The Bertz CT molecular complexity index is 163. The van der Waals surface area contributed by atoms with Gasteiger partial charge in [0.15, 0.2) is 0 Å². The van der Waals surface area contributed by atoms with Gasteiger partial charge >= 0.3 is 0 Å². The quantitative estimate of drug-likeness (QED) is 0.504. The van der Waals surface area contributed by atoms with Crippen molar-refractivity contribution in [1.82, 2.24) is 4.90 Å². The molecule has 1 saturated carbocycles. The van der Waals surface area contributed by atoms with E-state index in [9.17, 15) is 0 Å². The third-order valence-electron chi connectivity index (χ3n) is 3.24. The molecule has 0 radical (unpaired) electrons. The molecule has 1 rings (SSSR count). The molecule has 0 spiro atoms. The Morgan fingerprint density at radius 1 is 1.12 bits per heavy atom. The molecular formula is C12H25NO2S. The van der Waals surface area contributed by atoms with Gasteiger partial charge in [0.25, 0.3) is 0 Å². The monoisotopic (exact) mass is 247 g/mol. The van der Waals surface area contributed by atoms with Crippen LogP contribution >= 0.6 is 12.6 Å². The molecule has 0 heterocycles. The summed E-state index contributed by atoms with van der Waals surface area (Å²) >= 11 is 4.11. The number of ether oxygens (including phenoxy) is 1. The minimum atomic E-state index is 0.253. The lowest BCUT2D eigenvalue weighted by Crippen LogP contribution is -2.40. The molecule has 1 aliphatic rings. The van der Waals surface area contributed by atoms with Crippen LogP contribution in [-0.4, -0.2) is 54.7 Å². The van der Waals surface area contributed by atoms with Gasteiger partial charge in [-0.15, -0.1) is 0 Å². The maximum Gasteiger partial charge on any atom is 0.0593 e. The van der Waals surface area contributed by atoms with Crippen molar-refractivity contribution in [1.29, 1.82) is 0 Å². The highest BCUT2D eigenvalue weighted by Gasteiger charge is 2.20. The number of thiol groups is 1. The molecule has 0 saturated heterocycles. The van der Waals surface area contributed by atoms with Gasteiger partial charge in [-0.25, -0.2) is 0 Å². The minimum Gasteiger partial charge on any atom is -0.395 e. The van der Waals surface area contributed by atoms with E-state index in [0.717, 1.165) is 32.1 Å². The molecule has 16 heavy (non-hydrogen) atoms. The van der Waals surface area contributed by atoms with E-state index in [4.69, 9.17) is 9.84 Å². The van der Waals surface area contributed by atoms with Crippen molar-refractivity contribution in [3.63, 3.8) is 0 Å². The zero-order valence-electron chi connectivity index (χ0n) is 10.1. The first-order chi connectivity index (χ1) is 7.88. The predicted octanol–water partition coefficient (Wildman–Crippen LogP) is 1.56. The van der Waals surface area contributed by atoms with Gasteiger partial charge in [0.1, 0.15) is 0 Å². The van der Waals surface area contributed by atoms with Crippen molar-refractivity contribution in [2.45, 2.75) is 38.1 Å². The lowest BCUT2D eigenvalue weighted by molar-refractivity contribution is 0.0713. The highest BCUT2D eigenvalue weighted by molar-refractivity contribution is 7.80. The van der Waals surface area contributed by atoms with Crippen LogP contribution < -0.4 is 0 Å². The van der Waals surface area contributed by atoms with E-state index in [0.29, 0.717) is 6.04 Å². The minimum absolute atomic E-state index is 0.253. The first-order valence-corrected chi connectivity index (χ1v) is 7.05. The number of hydrogen-bond donors (Lipinski definition) is 2. The van der Waals surface area contributed by atoms with Gasteiger partial charge in [0.05, 0.1) is 19.8 Å². The van der Waals surface area contributed by atoms with Crippen molar-refractivity contribution in [2.24, 2.45) is 0 Å². The Morgan fingerprint density at radius 2 is 1.88 bits per heavy atom. The van der Waals surface area contributed by atoms with Crippen LogP contribution in [0.25, 0.3) is 0 Å². The number of hydrogen-bond acceptors (Lipinski definition) is 4. The summed E-state index contributed by atoms with van der Waals surface area (Å²) in [5, 5.41) is 9.08. The van der Waals surface area contributed by atoms with Crippen LogP contribution in [-0.2, 0) is 4.74 Å². The summed E-state index contributed by atoms with van der Waals surface area (Å²) in [4.78, 5) is 2.39. The van der Waals surface area contributed by atoms with Crippen molar-refractivity contribution in [3.8, 4) is 0 Å². The van der Waals surface area contributed by atoms with Crippen LogP contribution in [0.3, 0.4) is 0 Å². The molecule has 0 aromatic heterocycles. The van der Waals surface area contributed by atoms with Crippen LogP contribution in [0.15, 0.2) is 0 Å². The average Bonchev–Trinajstić information content (AvgIpc) is 2.34. The van der Waals surface area contributed by atoms with Gasteiger partial charge < -0.3 is 9.84 Å². The average molecular weight is 247 g/mol. The van der Waals surface area contributed by atoms with E-state index in [1.54, 1.807) is 0 Å². The summed E-state index contributed by atoms with van der Waals surface area (Å²) in [6, 6.07) is 0.667. The molecule has 1 aliphatic carbocycles. The van der Waals surface area contributed by atoms with Crippen LogP contribution in [0.2, 0.25) is 0 Å². The Balaban J connectivity index is 2.22. The van der Waals surface area contributed by atoms with Crippen molar-refractivity contribution >= 4 is 12.6 Å². The largest absolute Gasteiger partial charge is 0.395 e. The summed E-state index contributed by atoms with van der Waals surface area (Å²) in [6.45, 7) is 3.47. The summed E-state index contributed by atoms with van der Waals surface area (Å²) in [7, 11) is 0. The Morgan fingerprint density at radius 3 is 2.50 bits per heavy atom. The van der Waals surface area contributed by atoms with Gasteiger partial charge in [0, 0.05) is 24.9 Å². The summed E-state index contributed by atoms with van der Waals surface area (Å²) in [5.74, 6) is 0.781. The fourth-order valence-electron chi connectivity index (χ4n) is 2.40. The molecule has 1 fully saturated rings. The second-order valence-electron chi connectivity index (χ2n) is 4.39. The van der Waals surface area contributed by atoms with E-state index >= 15 is 0 Å². The van der Waals surface area contributed by atoms with Gasteiger partial charge in [-0.3, -0.25) is 4.90 Å². The van der Waals surface area contributed by atoms with Gasteiger partial charge in [-0.1, -0.05) is 19.3 Å². The van der Waals surface area contributed by atoms with Gasteiger partial charge in [-0.2, -0.15) is 12.6 Å². The third-order valence-corrected chi connectivity index (χ3v) is 3.42. The van der Waals surface area contributed by atoms with Crippen LogP contribution in [0.5, 0.6) is 0 Å². The van der Waals surface area contributed by atoms with E-state index < -0.39 is 0 Å². The molecule has 0 bridgehead atoms. The first kappa shape index (κ1) is 14.3. The third kappa shape index (κ3) is 5.53. The lowest BCUT2D eigenvalue weighted by Gasteiger charge is -2.33. The van der Waals surface area contributed by atoms with Crippen molar-refractivity contribution in [3.05, 3.63) is 0 Å². The Hall–Kier alpha value is 0.230. The molecule has 0 aliphatic heterocycles. The maximum absolute atomic E-state index is 9.08. The van der Waals surface area contributed by atoms with E-state index in [-0.39, 0.29) is 6.61 Å².